The van der Waals surface area contributed by atoms with Crippen LogP contribution in [0.3, 0.4) is 0 Å². The van der Waals surface area contributed by atoms with Gasteiger partial charge in [-0.1, -0.05) is 24.3 Å². The summed E-state index contributed by atoms with van der Waals surface area (Å²) in [6.45, 7) is 3.90. The van der Waals surface area contributed by atoms with E-state index in [1.165, 1.54) is 5.56 Å². The van der Waals surface area contributed by atoms with Crippen molar-refractivity contribution in [1.82, 2.24) is 4.98 Å². The Hall–Kier alpha value is -1.37. The van der Waals surface area contributed by atoms with Gasteiger partial charge in [-0.25, -0.2) is 0 Å². The van der Waals surface area contributed by atoms with E-state index in [-0.39, 0.29) is 0 Å². The molecule has 1 heterocycles. The Morgan fingerprint density at radius 1 is 1.36 bits per heavy atom. The van der Waals surface area contributed by atoms with Crippen molar-refractivity contribution in [2.75, 3.05) is 0 Å². The van der Waals surface area contributed by atoms with Gasteiger partial charge in [0.05, 0.1) is 5.69 Å². The molecule has 0 N–H and O–H groups in total. The van der Waals surface area contributed by atoms with Gasteiger partial charge in [-0.3, -0.25) is 4.98 Å². The number of nitrogens with zero attached hydrogens (tertiary/aromatic N) is 1. The second kappa shape index (κ2) is 2.35. The van der Waals surface area contributed by atoms with E-state index in [1.54, 1.807) is 0 Å². The van der Waals surface area contributed by atoms with Gasteiger partial charge in [0.2, 0.25) is 0 Å². The van der Waals surface area contributed by atoms with Crippen LogP contribution >= 0.6 is 0 Å². The lowest BCUT2D eigenvalue weighted by Crippen LogP contribution is -1.97. The first kappa shape index (κ1) is 6.35. The summed E-state index contributed by atoms with van der Waals surface area (Å²) in [5, 5.41) is 0. The molecule has 2 rings (SSSR count). The molecule has 0 unspecified atom stereocenters. The summed E-state index contributed by atoms with van der Waals surface area (Å²) in [4.78, 5) is 4.23. The lowest BCUT2D eigenvalue weighted by atomic mass is 9.99. The van der Waals surface area contributed by atoms with Crippen LogP contribution < -0.4 is 0 Å². The fourth-order valence-electron chi connectivity index (χ4n) is 1.25. The Bertz CT molecular complexity index is 323. The largest absolute Gasteiger partial charge is 0.257 e. The molecule has 1 aliphatic rings. The van der Waals surface area contributed by atoms with Crippen molar-refractivity contribution in [1.29, 1.82) is 0 Å². The number of hydrogen-bond acceptors (Lipinski definition) is 1. The van der Waals surface area contributed by atoms with Crippen molar-refractivity contribution < 1.29 is 0 Å². The summed E-state index contributed by atoms with van der Waals surface area (Å²) in [6, 6.07) is 4.06. The number of pyridine rings is 1. The Morgan fingerprint density at radius 3 is 3.18 bits per heavy atom. The molecule has 54 valence electrons. The van der Waals surface area contributed by atoms with E-state index in [0.29, 0.717) is 0 Å². The number of rotatable bonds is 0. The number of aromatic nitrogens is 1. The van der Waals surface area contributed by atoms with Crippen LogP contribution in [0.4, 0.5) is 0 Å². The molecule has 0 amide bonds. The van der Waals surface area contributed by atoms with Crippen LogP contribution in [0.15, 0.2) is 36.6 Å². The van der Waals surface area contributed by atoms with Gasteiger partial charge < -0.3 is 0 Å². The van der Waals surface area contributed by atoms with E-state index in [4.69, 9.17) is 0 Å². The molecule has 1 aromatic rings. The molecular formula is C10H9N. The Labute approximate surface area is 66.1 Å². The summed E-state index contributed by atoms with van der Waals surface area (Å²) >= 11 is 0. The number of hydrogen-bond donors (Lipinski definition) is 0. The predicted molar refractivity (Wildman–Crippen MR) is 46.1 cm³/mol. The minimum Gasteiger partial charge on any atom is -0.257 e. The quantitative estimate of drug-likeness (QED) is 0.542. The zero-order valence-electron chi connectivity index (χ0n) is 6.25. The maximum Gasteiger partial charge on any atom is 0.0665 e. The third kappa shape index (κ3) is 1.09. The van der Waals surface area contributed by atoms with Crippen LogP contribution in [0.25, 0.3) is 6.08 Å². The highest BCUT2D eigenvalue weighted by Crippen LogP contribution is 2.18. The zero-order chi connectivity index (χ0) is 7.68. The van der Waals surface area contributed by atoms with Crippen molar-refractivity contribution in [3.8, 4) is 0 Å². The minimum absolute atomic E-state index is 0.944. The average molecular weight is 143 g/mol. The van der Waals surface area contributed by atoms with E-state index in [1.807, 2.05) is 24.4 Å². The van der Waals surface area contributed by atoms with Gasteiger partial charge in [0.15, 0.2) is 0 Å². The molecule has 0 bridgehead atoms. The molecule has 0 saturated carbocycles. The molecule has 0 aliphatic heterocycles. The molecule has 1 aromatic heterocycles. The molecule has 0 radical (unpaired) electrons. The van der Waals surface area contributed by atoms with E-state index in [2.05, 4.69) is 17.6 Å². The van der Waals surface area contributed by atoms with E-state index >= 15 is 0 Å². The molecule has 0 saturated heterocycles. The van der Waals surface area contributed by atoms with Crippen molar-refractivity contribution in [3.63, 3.8) is 0 Å². The Balaban J connectivity index is 2.54. The average Bonchev–Trinajstić information content (AvgIpc) is 2.04. The number of fused-ring (bicyclic) bond motifs is 1. The standard InChI is InChI=1S/C10H9N/c1-8-4-5-10-9(7-8)3-2-6-11-10/h2-6H,1,7H2. The minimum atomic E-state index is 0.944. The van der Waals surface area contributed by atoms with Crippen LogP contribution in [0.2, 0.25) is 0 Å². The molecule has 1 nitrogen and oxygen atoms in total. The first-order valence-corrected chi connectivity index (χ1v) is 3.66. The fourth-order valence-corrected chi connectivity index (χ4v) is 1.25. The van der Waals surface area contributed by atoms with Crippen LogP contribution in [0.1, 0.15) is 11.3 Å². The topological polar surface area (TPSA) is 12.9 Å². The molecular weight excluding hydrogens is 134 g/mol. The number of allylic oxidation sites excluding steroid dienone is 2. The third-order valence-corrected chi connectivity index (χ3v) is 1.82. The lowest BCUT2D eigenvalue weighted by molar-refractivity contribution is 1.12. The third-order valence-electron chi connectivity index (χ3n) is 1.82. The van der Waals surface area contributed by atoms with Crippen LogP contribution in [0, 0.1) is 0 Å². The smallest absolute Gasteiger partial charge is 0.0665 e. The van der Waals surface area contributed by atoms with Gasteiger partial charge >= 0.3 is 0 Å². The van der Waals surface area contributed by atoms with Crippen molar-refractivity contribution >= 4 is 6.08 Å². The second-order valence-electron chi connectivity index (χ2n) is 2.72. The van der Waals surface area contributed by atoms with E-state index in [9.17, 15) is 0 Å². The first-order valence-electron chi connectivity index (χ1n) is 3.66. The summed E-state index contributed by atoms with van der Waals surface area (Å²) in [6.07, 6.45) is 6.80. The van der Waals surface area contributed by atoms with Crippen molar-refractivity contribution in [3.05, 3.63) is 47.8 Å². The Kier molecular flexibility index (Phi) is 1.35. The van der Waals surface area contributed by atoms with E-state index in [0.717, 1.165) is 17.7 Å². The second-order valence-corrected chi connectivity index (χ2v) is 2.72. The molecule has 1 heteroatoms. The first-order chi connectivity index (χ1) is 5.36. The van der Waals surface area contributed by atoms with Gasteiger partial charge in [-0.15, -0.1) is 0 Å². The highest BCUT2D eigenvalue weighted by Gasteiger charge is 2.05. The maximum absolute atomic E-state index is 4.23. The van der Waals surface area contributed by atoms with Crippen LogP contribution in [-0.4, -0.2) is 4.98 Å². The highest BCUT2D eigenvalue weighted by atomic mass is 14.7. The van der Waals surface area contributed by atoms with E-state index < -0.39 is 0 Å². The van der Waals surface area contributed by atoms with Crippen molar-refractivity contribution in [2.45, 2.75) is 6.42 Å². The molecule has 0 spiro atoms. The summed E-state index contributed by atoms with van der Waals surface area (Å²) in [5.74, 6) is 0. The lowest BCUT2D eigenvalue weighted by Gasteiger charge is -2.09. The summed E-state index contributed by atoms with van der Waals surface area (Å²) in [7, 11) is 0. The summed E-state index contributed by atoms with van der Waals surface area (Å²) in [5.41, 5.74) is 3.52. The molecule has 1 aliphatic carbocycles. The van der Waals surface area contributed by atoms with Crippen molar-refractivity contribution in [2.24, 2.45) is 0 Å². The monoisotopic (exact) mass is 143 g/mol. The molecule has 11 heavy (non-hydrogen) atoms. The molecule has 0 atom stereocenters. The van der Waals surface area contributed by atoms with Crippen LogP contribution in [0.5, 0.6) is 0 Å². The fraction of sp³-hybridized carbons (Fsp3) is 0.100. The predicted octanol–water partition coefficient (Wildman–Crippen LogP) is 2.21. The van der Waals surface area contributed by atoms with Crippen LogP contribution in [-0.2, 0) is 6.42 Å². The van der Waals surface area contributed by atoms with Gasteiger partial charge in [0, 0.05) is 6.20 Å². The normalized spacial score (nSPS) is 14.7. The molecule has 0 fully saturated rings. The zero-order valence-corrected chi connectivity index (χ0v) is 6.25. The molecule has 0 aromatic carbocycles. The Morgan fingerprint density at radius 2 is 2.27 bits per heavy atom. The highest BCUT2D eigenvalue weighted by molar-refractivity contribution is 5.57. The maximum atomic E-state index is 4.23. The van der Waals surface area contributed by atoms with Gasteiger partial charge in [0.1, 0.15) is 0 Å². The summed E-state index contributed by atoms with van der Waals surface area (Å²) < 4.78 is 0. The van der Waals surface area contributed by atoms with Gasteiger partial charge in [-0.2, -0.15) is 0 Å². The van der Waals surface area contributed by atoms with Gasteiger partial charge in [-0.05, 0) is 24.1 Å². The SMILES string of the molecule is C=C1C=Cc2ncccc2C1. The van der Waals surface area contributed by atoms with Gasteiger partial charge in [0.25, 0.3) is 0 Å².